The summed E-state index contributed by atoms with van der Waals surface area (Å²) in [7, 11) is 0. The average Bonchev–Trinajstić information content (AvgIpc) is 2.72. The molecule has 2 rings (SSSR count). The van der Waals surface area contributed by atoms with Gasteiger partial charge in [-0.2, -0.15) is 0 Å². The first kappa shape index (κ1) is 8.62. The monoisotopic (exact) mass is 187 g/mol. The lowest BCUT2D eigenvalue weighted by Gasteiger charge is -1.96. The van der Waals surface area contributed by atoms with E-state index in [-0.39, 0.29) is 12.2 Å². The van der Waals surface area contributed by atoms with E-state index in [0.29, 0.717) is 11.4 Å². The van der Waals surface area contributed by atoms with Crippen LogP contribution in [0.2, 0.25) is 0 Å². The molecule has 1 N–H and O–H groups in total. The predicted octanol–water partition coefficient (Wildman–Crippen LogP) is 1.23. The number of nitrogens with zero attached hydrogens (tertiary/aromatic N) is 2. The largest absolute Gasteiger partial charge is 0.359 e. The second-order valence-corrected chi connectivity index (χ2v) is 2.88. The number of hydrogen-bond acceptors (Lipinski definition) is 3. The zero-order chi connectivity index (χ0) is 9.80. The van der Waals surface area contributed by atoms with Crippen molar-refractivity contribution < 1.29 is 4.79 Å². The number of hydrogen-bond donors (Lipinski definition) is 1. The predicted molar refractivity (Wildman–Crippen MR) is 50.9 cm³/mol. The van der Waals surface area contributed by atoms with E-state index in [9.17, 15) is 4.79 Å². The maximum atomic E-state index is 11.6. The number of Topliss-reactive ketones (excluding diaryl/α,β-unsaturated/α-hetero) is 1. The molecule has 0 aromatic carbocycles. The summed E-state index contributed by atoms with van der Waals surface area (Å²) in [5, 5.41) is 0. The highest BCUT2D eigenvalue weighted by molar-refractivity contribution is 5.95. The molecule has 0 bridgehead atoms. The van der Waals surface area contributed by atoms with Gasteiger partial charge in [-0.15, -0.1) is 0 Å². The summed E-state index contributed by atoms with van der Waals surface area (Å²) < 4.78 is 0. The topological polar surface area (TPSA) is 58.6 Å². The van der Waals surface area contributed by atoms with Crippen molar-refractivity contribution in [1.82, 2.24) is 15.0 Å². The van der Waals surface area contributed by atoms with Crippen LogP contribution in [0.1, 0.15) is 16.2 Å². The number of H-pyrrole nitrogens is 1. The number of aromatic amines is 1. The van der Waals surface area contributed by atoms with Crippen LogP contribution in [0.25, 0.3) is 0 Å². The molecular formula is C10H9N3O. The van der Waals surface area contributed by atoms with Crippen LogP contribution in [0, 0.1) is 0 Å². The molecule has 2 aromatic heterocycles. The fourth-order valence-corrected chi connectivity index (χ4v) is 1.18. The fraction of sp³-hybridized carbons (Fsp3) is 0.100. The van der Waals surface area contributed by atoms with Crippen molar-refractivity contribution in [2.45, 2.75) is 6.42 Å². The minimum Gasteiger partial charge on any atom is -0.359 e. The first-order valence-electron chi connectivity index (χ1n) is 4.28. The molecule has 0 spiro atoms. The molecular weight excluding hydrogens is 178 g/mol. The molecule has 2 heterocycles. The molecule has 0 fully saturated rings. The molecule has 0 amide bonds. The number of carbonyl (C=O) groups is 1. The van der Waals surface area contributed by atoms with Gasteiger partial charge in [-0.3, -0.25) is 14.8 Å². The lowest BCUT2D eigenvalue weighted by molar-refractivity contribution is 0.0987. The first-order valence-corrected chi connectivity index (χ1v) is 4.28. The maximum Gasteiger partial charge on any atom is 0.184 e. The van der Waals surface area contributed by atoms with Gasteiger partial charge in [0, 0.05) is 24.8 Å². The van der Waals surface area contributed by atoms with Crippen molar-refractivity contribution in [3.8, 4) is 0 Å². The highest BCUT2D eigenvalue weighted by atomic mass is 16.1. The van der Waals surface area contributed by atoms with Gasteiger partial charge in [0.25, 0.3) is 0 Å². The van der Waals surface area contributed by atoms with Gasteiger partial charge in [0.2, 0.25) is 0 Å². The Morgan fingerprint density at radius 2 is 2.36 bits per heavy atom. The van der Waals surface area contributed by atoms with Gasteiger partial charge in [-0.05, 0) is 12.1 Å². The number of carbonyl (C=O) groups excluding carboxylic acids is 1. The Kier molecular flexibility index (Phi) is 2.36. The molecule has 0 aliphatic rings. The van der Waals surface area contributed by atoms with E-state index in [1.54, 1.807) is 36.9 Å². The number of aromatic nitrogens is 3. The second kappa shape index (κ2) is 3.83. The summed E-state index contributed by atoms with van der Waals surface area (Å²) in [5.41, 5.74) is 1.29. The summed E-state index contributed by atoms with van der Waals surface area (Å²) in [5.74, 6) is 0.0236. The van der Waals surface area contributed by atoms with Crippen LogP contribution in [0.3, 0.4) is 0 Å². The normalized spacial score (nSPS) is 10.0. The molecule has 0 aliphatic carbocycles. The molecule has 0 unspecified atom stereocenters. The number of nitrogens with one attached hydrogen (secondary N) is 1. The van der Waals surface area contributed by atoms with Gasteiger partial charge in [0.1, 0.15) is 0 Å². The summed E-state index contributed by atoms with van der Waals surface area (Å²) in [4.78, 5) is 22.4. The van der Waals surface area contributed by atoms with Crippen LogP contribution in [-0.4, -0.2) is 20.7 Å². The quantitative estimate of drug-likeness (QED) is 0.735. The van der Waals surface area contributed by atoms with E-state index in [0.717, 1.165) is 0 Å². The second-order valence-electron chi connectivity index (χ2n) is 2.88. The van der Waals surface area contributed by atoms with Crippen molar-refractivity contribution in [1.29, 1.82) is 0 Å². The summed E-state index contributed by atoms with van der Waals surface area (Å²) in [6, 6.07) is 3.54. The summed E-state index contributed by atoms with van der Waals surface area (Å²) >= 11 is 0. The standard InChI is InChI=1S/C10H9N3O/c14-10(9-2-1-3-13-9)6-8-7-11-4-5-12-8/h1-5,7,13H,6H2. The SMILES string of the molecule is O=C(Cc1cnccn1)c1ccc[nH]1. The van der Waals surface area contributed by atoms with E-state index in [4.69, 9.17) is 0 Å². The Balaban J connectivity index is 2.10. The lowest BCUT2D eigenvalue weighted by atomic mass is 10.2. The van der Waals surface area contributed by atoms with Crippen molar-refractivity contribution in [2.24, 2.45) is 0 Å². The Morgan fingerprint density at radius 1 is 1.43 bits per heavy atom. The third kappa shape index (κ3) is 1.85. The van der Waals surface area contributed by atoms with Crippen molar-refractivity contribution in [3.05, 3.63) is 48.3 Å². The van der Waals surface area contributed by atoms with Gasteiger partial charge in [0.05, 0.1) is 17.8 Å². The Morgan fingerprint density at radius 3 is 3.00 bits per heavy atom. The Hall–Kier alpha value is -1.97. The molecule has 4 heteroatoms. The average molecular weight is 187 g/mol. The smallest absolute Gasteiger partial charge is 0.184 e. The van der Waals surface area contributed by atoms with Crippen LogP contribution in [-0.2, 0) is 6.42 Å². The molecule has 0 saturated heterocycles. The molecule has 0 aliphatic heterocycles. The highest BCUT2D eigenvalue weighted by Gasteiger charge is 2.07. The summed E-state index contributed by atoms with van der Waals surface area (Å²) in [6.45, 7) is 0. The highest BCUT2D eigenvalue weighted by Crippen LogP contribution is 2.01. The third-order valence-corrected chi connectivity index (χ3v) is 1.86. The van der Waals surface area contributed by atoms with E-state index in [1.807, 2.05) is 0 Å². The molecule has 0 atom stereocenters. The Labute approximate surface area is 81.0 Å². The molecule has 4 nitrogen and oxygen atoms in total. The van der Waals surface area contributed by atoms with Gasteiger partial charge >= 0.3 is 0 Å². The van der Waals surface area contributed by atoms with Gasteiger partial charge in [0.15, 0.2) is 5.78 Å². The molecule has 0 radical (unpaired) electrons. The van der Waals surface area contributed by atoms with Crippen LogP contribution < -0.4 is 0 Å². The molecule has 0 saturated carbocycles. The maximum absolute atomic E-state index is 11.6. The van der Waals surface area contributed by atoms with Crippen LogP contribution in [0.5, 0.6) is 0 Å². The van der Waals surface area contributed by atoms with Crippen LogP contribution in [0.15, 0.2) is 36.9 Å². The minimum absolute atomic E-state index is 0.0236. The summed E-state index contributed by atoms with van der Waals surface area (Å²) in [6.07, 6.45) is 6.78. The zero-order valence-corrected chi connectivity index (χ0v) is 7.47. The van der Waals surface area contributed by atoms with Crippen LogP contribution in [0.4, 0.5) is 0 Å². The van der Waals surface area contributed by atoms with Crippen molar-refractivity contribution in [2.75, 3.05) is 0 Å². The van der Waals surface area contributed by atoms with Crippen molar-refractivity contribution in [3.63, 3.8) is 0 Å². The lowest BCUT2D eigenvalue weighted by Crippen LogP contribution is -2.05. The van der Waals surface area contributed by atoms with Crippen LogP contribution >= 0.6 is 0 Å². The van der Waals surface area contributed by atoms with Gasteiger partial charge < -0.3 is 4.98 Å². The minimum atomic E-state index is 0.0236. The van der Waals surface area contributed by atoms with E-state index < -0.39 is 0 Å². The van der Waals surface area contributed by atoms with E-state index in [2.05, 4.69) is 15.0 Å². The fourth-order valence-electron chi connectivity index (χ4n) is 1.18. The molecule has 2 aromatic rings. The number of ketones is 1. The Bertz CT molecular complexity index is 408. The van der Waals surface area contributed by atoms with Gasteiger partial charge in [-0.1, -0.05) is 0 Å². The molecule has 70 valence electrons. The van der Waals surface area contributed by atoms with Gasteiger partial charge in [-0.25, -0.2) is 0 Å². The van der Waals surface area contributed by atoms with Crippen molar-refractivity contribution >= 4 is 5.78 Å². The van der Waals surface area contributed by atoms with E-state index >= 15 is 0 Å². The third-order valence-electron chi connectivity index (χ3n) is 1.86. The number of rotatable bonds is 3. The zero-order valence-electron chi connectivity index (χ0n) is 7.47. The van der Waals surface area contributed by atoms with E-state index in [1.165, 1.54) is 0 Å². The molecule has 14 heavy (non-hydrogen) atoms. The first-order chi connectivity index (χ1) is 6.86.